The molecule has 1 rings (SSSR count). The van der Waals surface area contributed by atoms with E-state index in [4.69, 9.17) is 9.47 Å². The van der Waals surface area contributed by atoms with Crippen molar-refractivity contribution in [1.29, 1.82) is 0 Å². The Kier molecular flexibility index (Phi) is 8.65. The molecule has 23 heavy (non-hydrogen) atoms. The smallest absolute Gasteiger partial charge is 0.321 e. The number of carbonyl (C=O) groups is 2. The summed E-state index contributed by atoms with van der Waals surface area (Å²) in [5, 5.41) is 0. The first-order valence-corrected chi connectivity index (χ1v) is 8.00. The van der Waals surface area contributed by atoms with Crippen molar-refractivity contribution >= 4 is 23.7 Å². The van der Waals surface area contributed by atoms with Crippen molar-refractivity contribution in [1.82, 2.24) is 0 Å². The van der Waals surface area contributed by atoms with Crippen molar-refractivity contribution in [2.75, 3.05) is 13.7 Å². The first-order valence-electron chi connectivity index (χ1n) is 8.00. The van der Waals surface area contributed by atoms with Crippen LogP contribution in [0.1, 0.15) is 39.5 Å². The van der Waals surface area contributed by atoms with Gasteiger partial charge in [0.2, 0.25) is 0 Å². The predicted octanol–water partition coefficient (Wildman–Crippen LogP) is 3.73. The van der Waals surface area contributed by atoms with Gasteiger partial charge in [-0.15, -0.1) is 0 Å². The zero-order valence-electron chi connectivity index (χ0n) is 14.1. The largest absolute Gasteiger partial charge is 0.494 e. The Hall–Kier alpha value is -2.17. The molecule has 0 aliphatic carbocycles. The van der Waals surface area contributed by atoms with Gasteiger partial charge in [-0.05, 0) is 25.5 Å². The molecule has 0 N–H and O–H groups in total. The van der Waals surface area contributed by atoms with Crippen LogP contribution in [-0.2, 0) is 14.3 Å². The summed E-state index contributed by atoms with van der Waals surface area (Å²) in [6, 6.07) is 7.18. The van der Waals surface area contributed by atoms with Crippen LogP contribution in [0.3, 0.4) is 0 Å². The number of benzene rings is 1. The molecule has 5 heteroatoms. The van der Waals surface area contributed by atoms with Gasteiger partial charge in [0.1, 0.15) is 11.4 Å². The Balaban J connectivity index is 2.89. The minimum Gasteiger partial charge on any atom is -0.494 e. The summed E-state index contributed by atoms with van der Waals surface area (Å²) < 4.78 is 10.2. The van der Waals surface area contributed by atoms with Crippen LogP contribution >= 0.6 is 0 Å². The number of aliphatic imine (C=N–C) groups is 1. The molecule has 1 aromatic carbocycles. The van der Waals surface area contributed by atoms with Gasteiger partial charge in [-0.2, -0.15) is 0 Å². The van der Waals surface area contributed by atoms with Gasteiger partial charge in [-0.1, -0.05) is 31.9 Å². The van der Waals surface area contributed by atoms with Crippen LogP contribution in [0.25, 0.3) is 0 Å². The van der Waals surface area contributed by atoms with Crippen molar-refractivity contribution in [2.45, 2.75) is 39.5 Å². The molecule has 0 saturated carbocycles. The van der Waals surface area contributed by atoms with E-state index in [0.29, 0.717) is 17.9 Å². The zero-order chi connectivity index (χ0) is 17.1. The number of Topliss-reactive ketones (excluding diaryl/α,β-unsaturated/α-hetero) is 1. The summed E-state index contributed by atoms with van der Waals surface area (Å²) in [4.78, 5) is 28.6. The molecule has 0 amide bonds. The van der Waals surface area contributed by atoms with Gasteiger partial charge in [0.25, 0.3) is 0 Å². The highest BCUT2D eigenvalue weighted by Gasteiger charge is 2.25. The number of methoxy groups -OCH3 is 1. The molecule has 0 aliphatic rings. The first kappa shape index (κ1) is 18.9. The molecule has 0 spiro atoms. The molecule has 0 heterocycles. The fourth-order valence-corrected chi connectivity index (χ4v) is 2.10. The van der Waals surface area contributed by atoms with Crippen LogP contribution in [-0.4, -0.2) is 31.7 Å². The number of hydrogen-bond donors (Lipinski definition) is 0. The number of para-hydroxylation sites is 2. The van der Waals surface area contributed by atoms with Crippen molar-refractivity contribution < 1.29 is 19.1 Å². The summed E-state index contributed by atoms with van der Waals surface area (Å²) in [6.45, 7) is 4.02. The Bertz CT molecular complexity index is 540. The quantitative estimate of drug-likeness (QED) is 0.285. The highest BCUT2D eigenvalue weighted by atomic mass is 16.5. The molecular formula is C18H25NO4. The highest BCUT2D eigenvalue weighted by molar-refractivity contribution is 6.12. The second-order valence-corrected chi connectivity index (χ2v) is 5.10. The average molecular weight is 319 g/mol. The lowest BCUT2D eigenvalue weighted by Crippen LogP contribution is -2.27. The maximum Gasteiger partial charge on any atom is 0.321 e. The summed E-state index contributed by atoms with van der Waals surface area (Å²) >= 11 is 0. The number of carbonyl (C=O) groups excluding carboxylic acids is 2. The van der Waals surface area contributed by atoms with E-state index in [1.165, 1.54) is 6.21 Å². The number of ether oxygens (including phenoxy) is 2. The normalized spacial score (nSPS) is 12.1. The minimum atomic E-state index is -0.961. The van der Waals surface area contributed by atoms with Crippen LogP contribution in [0.5, 0.6) is 5.75 Å². The molecule has 0 bridgehead atoms. The van der Waals surface area contributed by atoms with E-state index in [1.807, 2.05) is 12.1 Å². The van der Waals surface area contributed by atoms with Gasteiger partial charge in [-0.3, -0.25) is 14.6 Å². The van der Waals surface area contributed by atoms with Gasteiger partial charge in [0, 0.05) is 12.6 Å². The number of unbranched alkanes of at least 4 members (excludes halogenated alkanes) is 2. The van der Waals surface area contributed by atoms with Gasteiger partial charge in [0.05, 0.1) is 13.7 Å². The van der Waals surface area contributed by atoms with Crippen LogP contribution in [0.15, 0.2) is 29.3 Å². The highest BCUT2D eigenvalue weighted by Crippen LogP contribution is 2.26. The molecule has 0 radical (unpaired) electrons. The molecule has 5 nitrogen and oxygen atoms in total. The Morgan fingerprint density at radius 2 is 1.96 bits per heavy atom. The van der Waals surface area contributed by atoms with Crippen LogP contribution in [0.2, 0.25) is 0 Å². The number of rotatable bonds is 10. The van der Waals surface area contributed by atoms with E-state index in [1.54, 1.807) is 26.2 Å². The number of hydrogen-bond acceptors (Lipinski definition) is 5. The molecule has 0 saturated heterocycles. The van der Waals surface area contributed by atoms with Crippen LogP contribution in [0.4, 0.5) is 5.69 Å². The van der Waals surface area contributed by atoms with Crippen LogP contribution in [0, 0.1) is 5.92 Å². The molecule has 0 aromatic heterocycles. The number of esters is 1. The van der Waals surface area contributed by atoms with Gasteiger partial charge in [-0.25, -0.2) is 0 Å². The lowest BCUT2D eigenvalue weighted by atomic mass is 10.00. The summed E-state index contributed by atoms with van der Waals surface area (Å²) in [7, 11) is 1.55. The lowest BCUT2D eigenvalue weighted by Gasteiger charge is -2.10. The second-order valence-electron chi connectivity index (χ2n) is 5.10. The second kappa shape index (κ2) is 10.5. The number of ketones is 1. The standard InChI is InChI=1S/C18H25NO4/c1-4-6-7-11-16(20)14(18(21)23-5-2)13-19-15-10-8-9-12-17(15)22-3/h8-10,12-14H,4-7,11H2,1-3H3. The van der Waals surface area contributed by atoms with E-state index in [9.17, 15) is 9.59 Å². The third-order valence-corrected chi connectivity index (χ3v) is 3.36. The molecule has 1 unspecified atom stereocenters. The van der Waals surface area contributed by atoms with E-state index in [0.717, 1.165) is 19.3 Å². The van der Waals surface area contributed by atoms with Crippen LogP contribution < -0.4 is 4.74 Å². The van der Waals surface area contributed by atoms with Crippen molar-refractivity contribution in [3.63, 3.8) is 0 Å². The molecule has 1 atom stereocenters. The minimum absolute atomic E-state index is 0.157. The molecule has 1 aromatic rings. The molecular weight excluding hydrogens is 294 g/mol. The Morgan fingerprint density at radius 3 is 2.61 bits per heavy atom. The lowest BCUT2D eigenvalue weighted by molar-refractivity contribution is -0.148. The molecule has 0 fully saturated rings. The molecule has 0 aliphatic heterocycles. The van der Waals surface area contributed by atoms with Crippen molar-refractivity contribution in [3.8, 4) is 5.75 Å². The predicted molar refractivity (Wildman–Crippen MR) is 90.4 cm³/mol. The molecule has 126 valence electrons. The number of nitrogens with zero attached hydrogens (tertiary/aromatic N) is 1. The summed E-state index contributed by atoms with van der Waals surface area (Å²) in [6.07, 6.45) is 4.48. The Morgan fingerprint density at radius 1 is 1.22 bits per heavy atom. The maximum atomic E-state index is 12.3. The third kappa shape index (κ3) is 6.22. The van der Waals surface area contributed by atoms with E-state index >= 15 is 0 Å². The van der Waals surface area contributed by atoms with E-state index in [-0.39, 0.29) is 12.4 Å². The fraction of sp³-hybridized carbons (Fsp3) is 0.500. The van der Waals surface area contributed by atoms with Gasteiger partial charge in [0.15, 0.2) is 11.7 Å². The first-order chi connectivity index (χ1) is 11.1. The summed E-state index contributed by atoms with van der Waals surface area (Å²) in [5.41, 5.74) is 0.575. The monoisotopic (exact) mass is 319 g/mol. The average Bonchev–Trinajstić information content (AvgIpc) is 2.56. The van der Waals surface area contributed by atoms with Gasteiger partial charge >= 0.3 is 5.97 Å². The maximum absolute atomic E-state index is 12.3. The topological polar surface area (TPSA) is 65.0 Å². The Labute approximate surface area is 137 Å². The van der Waals surface area contributed by atoms with Crippen molar-refractivity contribution in [3.05, 3.63) is 24.3 Å². The van der Waals surface area contributed by atoms with E-state index in [2.05, 4.69) is 11.9 Å². The van der Waals surface area contributed by atoms with Gasteiger partial charge < -0.3 is 9.47 Å². The van der Waals surface area contributed by atoms with Crippen molar-refractivity contribution in [2.24, 2.45) is 10.9 Å². The SMILES string of the molecule is CCCCCC(=O)C(C=Nc1ccccc1OC)C(=O)OCC. The van der Waals surface area contributed by atoms with E-state index < -0.39 is 11.9 Å². The zero-order valence-corrected chi connectivity index (χ0v) is 14.1. The fourth-order valence-electron chi connectivity index (χ4n) is 2.10. The summed E-state index contributed by atoms with van der Waals surface area (Å²) in [5.74, 6) is -1.08. The third-order valence-electron chi connectivity index (χ3n) is 3.36.